The second kappa shape index (κ2) is 7.81. The summed E-state index contributed by atoms with van der Waals surface area (Å²) in [5.74, 6) is 1.24. The molecule has 0 saturated carbocycles. The van der Waals surface area contributed by atoms with Crippen LogP contribution in [0.25, 0.3) is 0 Å². The first-order chi connectivity index (χ1) is 11.7. The lowest BCUT2D eigenvalue weighted by Crippen LogP contribution is -2.32. The minimum Gasteiger partial charge on any atom is -0.370 e. The van der Waals surface area contributed by atoms with Crippen molar-refractivity contribution in [3.05, 3.63) is 46.1 Å². The predicted molar refractivity (Wildman–Crippen MR) is 99.1 cm³/mol. The van der Waals surface area contributed by atoms with Crippen molar-refractivity contribution in [1.29, 1.82) is 0 Å². The number of hydrogen-bond acceptors (Lipinski definition) is 5. The van der Waals surface area contributed by atoms with Gasteiger partial charge in [-0.3, -0.25) is 4.90 Å². The Morgan fingerprint density at radius 2 is 2.12 bits per heavy atom. The van der Waals surface area contributed by atoms with Crippen molar-refractivity contribution in [3.63, 3.8) is 0 Å². The van der Waals surface area contributed by atoms with Crippen LogP contribution in [0.4, 0.5) is 11.8 Å². The molecule has 1 aliphatic heterocycles. The number of unbranched alkanes of at least 4 members (excludes halogenated alkanes) is 1. The third-order valence-electron chi connectivity index (χ3n) is 4.33. The third-order valence-corrected chi connectivity index (χ3v) is 4.70. The first kappa shape index (κ1) is 17.0. The van der Waals surface area contributed by atoms with Gasteiger partial charge in [0.15, 0.2) is 0 Å². The van der Waals surface area contributed by atoms with E-state index in [1.54, 1.807) is 0 Å². The van der Waals surface area contributed by atoms with Gasteiger partial charge in [-0.05, 0) is 18.1 Å². The van der Waals surface area contributed by atoms with Crippen LogP contribution < -0.4 is 11.1 Å². The second-order valence-corrected chi connectivity index (χ2v) is 6.60. The Bertz CT molecular complexity index is 704. The molecule has 0 fully saturated rings. The van der Waals surface area contributed by atoms with Gasteiger partial charge in [-0.1, -0.05) is 43.1 Å². The van der Waals surface area contributed by atoms with Gasteiger partial charge in [0.05, 0.1) is 5.69 Å². The standard InChI is InChI=1S/C18H24ClN5/c1-2-3-9-21-17-14-12-24(10-8-16(14)22-18(20)23-17)11-13-6-4-5-7-15(13)19/h4-7H,2-3,8-12H2,1H3,(H3,20,21,22,23). The SMILES string of the molecule is CCCCNc1nc(N)nc2c1CN(Cc1ccccc1Cl)CC2. The van der Waals surface area contributed by atoms with Crippen molar-refractivity contribution in [1.82, 2.24) is 14.9 Å². The van der Waals surface area contributed by atoms with Crippen LogP contribution in [0.3, 0.4) is 0 Å². The van der Waals surface area contributed by atoms with Gasteiger partial charge >= 0.3 is 0 Å². The number of nitrogen functional groups attached to an aromatic ring is 1. The van der Waals surface area contributed by atoms with E-state index in [2.05, 4.69) is 33.2 Å². The minimum absolute atomic E-state index is 0.354. The van der Waals surface area contributed by atoms with Crippen molar-refractivity contribution < 1.29 is 0 Å². The highest BCUT2D eigenvalue weighted by molar-refractivity contribution is 6.31. The van der Waals surface area contributed by atoms with E-state index in [1.165, 1.54) is 5.56 Å². The zero-order valence-electron chi connectivity index (χ0n) is 14.1. The number of rotatable bonds is 6. The molecule has 1 aromatic carbocycles. The number of nitrogens with zero attached hydrogens (tertiary/aromatic N) is 3. The average Bonchev–Trinajstić information content (AvgIpc) is 2.57. The number of aromatic nitrogens is 2. The second-order valence-electron chi connectivity index (χ2n) is 6.19. The van der Waals surface area contributed by atoms with E-state index in [9.17, 15) is 0 Å². The normalized spacial score (nSPS) is 14.4. The maximum atomic E-state index is 6.30. The molecule has 0 bridgehead atoms. The third kappa shape index (κ3) is 3.97. The summed E-state index contributed by atoms with van der Waals surface area (Å²) in [6.45, 7) is 5.68. The highest BCUT2D eigenvalue weighted by Crippen LogP contribution is 2.27. The van der Waals surface area contributed by atoms with Crippen LogP contribution in [0.15, 0.2) is 24.3 Å². The van der Waals surface area contributed by atoms with Crippen molar-refractivity contribution in [2.75, 3.05) is 24.1 Å². The first-order valence-electron chi connectivity index (χ1n) is 8.52. The Kier molecular flexibility index (Phi) is 5.53. The summed E-state index contributed by atoms with van der Waals surface area (Å²) in [7, 11) is 0. The summed E-state index contributed by atoms with van der Waals surface area (Å²) < 4.78 is 0. The van der Waals surface area contributed by atoms with Crippen LogP contribution in [0.2, 0.25) is 5.02 Å². The molecule has 1 aromatic heterocycles. The Balaban J connectivity index is 1.77. The minimum atomic E-state index is 0.354. The van der Waals surface area contributed by atoms with E-state index in [0.717, 1.165) is 67.5 Å². The van der Waals surface area contributed by atoms with Gasteiger partial charge in [-0.2, -0.15) is 4.98 Å². The summed E-state index contributed by atoms with van der Waals surface area (Å²) >= 11 is 6.30. The maximum Gasteiger partial charge on any atom is 0.222 e. The summed E-state index contributed by atoms with van der Waals surface area (Å²) in [5.41, 5.74) is 9.26. The van der Waals surface area contributed by atoms with Crippen LogP contribution in [0.5, 0.6) is 0 Å². The van der Waals surface area contributed by atoms with Gasteiger partial charge in [0, 0.05) is 43.2 Å². The van der Waals surface area contributed by atoms with Crippen LogP contribution in [0.1, 0.15) is 36.6 Å². The Hall–Kier alpha value is -1.85. The molecule has 0 radical (unpaired) electrons. The lowest BCUT2D eigenvalue weighted by Gasteiger charge is -2.29. The number of anilines is 2. The van der Waals surface area contributed by atoms with Gasteiger partial charge in [0.1, 0.15) is 5.82 Å². The van der Waals surface area contributed by atoms with Crippen molar-refractivity contribution in [2.45, 2.75) is 39.3 Å². The number of hydrogen-bond donors (Lipinski definition) is 2. The van der Waals surface area contributed by atoms with Gasteiger partial charge < -0.3 is 11.1 Å². The number of halogens is 1. The summed E-state index contributed by atoms with van der Waals surface area (Å²) in [6.07, 6.45) is 3.14. The van der Waals surface area contributed by atoms with Crippen molar-refractivity contribution in [2.24, 2.45) is 0 Å². The lowest BCUT2D eigenvalue weighted by atomic mass is 10.0. The lowest BCUT2D eigenvalue weighted by molar-refractivity contribution is 0.243. The maximum absolute atomic E-state index is 6.30. The number of nitrogens with two attached hydrogens (primary N) is 1. The zero-order valence-corrected chi connectivity index (χ0v) is 14.8. The Labute approximate surface area is 148 Å². The molecule has 2 heterocycles. The van der Waals surface area contributed by atoms with E-state index in [-0.39, 0.29) is 0 Å². The highest BCUT2D eigenvalue weighted by Gasteiger charge is 2.22. The largest absolute Gasteiger partial charge is 0.370 e. The molecule has 1 aliphatic rings. The molecule has 128 valence electrons. The van der Waals surface area contributed by atoms with Gasteiger partial charge in [-0.25, -0.2) is 4.98 Å². The smallest absolute Gasteiger partial charge is 0.222 e. The first-order valence-corrected chi connectivity index (χ1v) is 8.90. The molecule has 0 saturated heterocycles. The molecule has 2 aromatic rings. The zero-order chi connectivity index (χ0) is 16.9. The fourth-order valence-electron chi connectivity index (χ4n) is 3.02. The molecule has 6 heteroatoms. The van der Waals surface area contributed by atoms with Gasteiger partial charge in [-0.15, -0.1) is 0 Å². The van der Waals surface area contributed by atoms with Crippen LogP contribution >= 0.6 is 11.6 Å². The van der Waals surface area contributed by atoms with E-state index >= 15 is 0 Å². The molecule has 0 aliphatic carbocycles. The molecule has 0 atom stereocenters. The highest BCUT2D eigenvalue weighted by atomic mass is 35.5. The molecule has 0 unspecified atom stereocenters. The summed E-state index contributed by atoms with van der Waals surface area (Å²) in [4.78, 5) is 11.2. The Morgan fingerprint density at radius 3 is 2.92 bits per heavy atom. The van der Waals surface area contributed by atoms with Gasteiger partial charge in [0.25, 0.3) is 0 Å². The molecule has 0 spiro atoms. The molecular weight excluding hydrogens is 322 g/mol. The predicted octanol–water partition coefficient (Wildman–Crippen LogP) is 3.48. The monoisotopic (exact) mass is 345 g/mol. The van der Waals surface area contributed by atoms with Gasteiger partial charge in [0.2, 0.25) is 5.95 Å². The summed E-state index contributed by atoms with van der Waals surface area (Å²) in [6, 6.07) is 8.01. The van der Waals surface area contributed by atoms with Crippen molar-refractivity contribution in [3.8, 4) is 0 Å². The molecule has 24 heavy (non-hydrogen) atoms. The topological polar surface area (TPSA) is 67.1 Å². The van der Waals surface area contributed by atoms with Crippen molar-refractivity contribution >= 4 is 23.4 Å². The van der Waals surface area contributed by atoms with Crippen LogP contribution in [-0.4, -0.2) is 28.0 Å². The molecule has 0 amide bonds. The molecular formula is C18H24ClN5. The molecule has 3 N–H and O–H groups in total. The average molecular weight is 346 g/mol. The number of nitrogens with one attached hydrogen (secondary N) is 1. The fraction of sp³-hybridized carbons (Fsp3) is 0.444. The van der Waals surface area contributed by atoms with Crippen LogP contribution in [0, 0.1) is 0 Å². The van der Waals surface area contributed by atoms with E-state index < -0.39 is 0 Å². The quantitative estimate of drug-likeness (QED) is 0.784. The fourth-order valence-corrected chi connectivity index (χ4v) is 3.22. The molecule has 3 rings (SSSR count). The Morgan fingerprint density at radius 1 is 1.29 bits per heavy atom. The van der Waals surface area contributed by atoms with E-state index in [1.807, 2.05) is 18.2 Å². The van der Waals surface area contributed by atoms with E-state index in [4.69, 9.17) is 17.3 Å². The number of fused-ring (bicyclic) bond motifs is 1. The van der Waals surface area contributed by atoms with E-state index in [0.29, 0.717) is 5.95 Å². The number of benzene rings is 1. The molecule has 5 nitrogen and oxygen atoms in total. The van der Waals surface area contributed by atoms with Crippen LogP contribution in [-0.2, 0) is 19.5 Å². The summed E-state index contributed by atoms with van der Waals surface area (Å²) in [5, 5.41) is 4.24.